The molecule has 2 N–H and O–H groups in total. The fraction of sp³-hybridized carbons (Fsp3) is 0.462. The van der Waals surface area contributed by atoms with Gasteiger partial charge in [-0.25, -0.2) is 19.6 Å². The Morgan fingerprint density at radius 2 is 2.18 bits per heavy atom. The predicted octanol–water partition coefficient (Wildman–Crippen LogP) is 2.31. The molecule has 3 aliphatic rings. The molecule has 0 aromatic carbocycles. The monoisotopic (exact) mass is 535 g/mol. The molecule has 2 saturated heterocycles. The van der Waals surface area contributed by atoms with E-state index in [4.69, 9.17) is 14.2 Å². The van der Waals surface area contributed by atoms with Crippen molar-refractivity contribution in [1.29, 1.82) is 5.26 Å². The number of anilines is 3. The third-order valence-corrected chi connectivity index (χ3v) is 7.12. The number of rotatable bonds is 7. The van der Waals surface area contributed by atoms with Crippen molar-refractivity contribution in [1.82, 2.24) is 14.9 Å². The van der Waals surface area contributed by atoms with Gasteiger partial charge in [-0.15, -0.1) is 0 Å². The SMILES string of the molecule is CO[C@H]1COCC1Nc1cc(NC(=O)N2CCCc3cc(CN4C(=O)OC[C@@H]4C)c(C=O)nc32)ncc1C#N. The first kappa shape index (κ1) is 26.3. The van der Waals surface area contributed by atoms with Gasteiger partial charge in [0.25, 0.3) is 0 Å². The highest BCUT2D eigenvalue weighted by Gasteiger charge is 2.32. The van der Waals surface area contributed by atoms with Crippen LogP contribution in [0.1, 0.15) is 40.5 Å². The summed E-state index contributed by atoms with van der Waals surface area (Å²) in [6.45, 7) is 3.62. The number of aryl methyl sites for hydroxylation is 1. The van der Waals surface area contributed by atoms with Crippen LogP contribution in [0.2, 0.25) is 0 Å². The van der Waals surface area contributed by atoms with E-state index in [0.29, 0.717) is 68.1 Å². The van der Waals surface area contributed by atoms with Gasteiger partial charge in [-0.1, -0.05) is 0 Å². The lowest BCUT2D eigenvalue weighted by molar-refractivity contribution is 0.0795. The summed E-state index contributed by atoms with van der Waals surface area (Å²) in [5.41, 5.74) is 2.39. The highest BCUT2D eigenvalue weighted by molar-refractivity contribution is 6.01. The van der Waals surface area contributed by atoms with Crippen LogP contribution < -0.4 is 15.5 Å². The Labute approximate surface area is 225 Å². The fourth-order valence-corrected chi connectivity index (χ4v) is 4.94. The number of hydrogen-bond donors (Lipinski definition) is 2. The van der Waals surface area contributed by atoms with Gasteiger partial charge < -0.3 is 19.5 Å². The van der Waals surface area contributed by atoms with Crippen LogP contribution >= 0.6 is 0 Å². The first-order valence-electron chi connectivity index (χ1n) is 12.7. The molecule has 39 heavy (non-hydrogen) atoms. The van der Waals surface area contributed by atoms with Crippen molar-refractivity contribution >= 4 is 35.7 Å². The summed E-state index contributed by atoms with van der Waals surface area (Å²) in [4.78, 5) is 49.1. The third-order valence-electron chi connectivity index (χ3n) is 7.12. The fourth-order valence-electron chi connectivity index (χ4n) is 4.94. The molecule has 2 aromatic rings. The average molecular weight is 536 g/mol. The van der Waals surface area contributed by atoms with Crippen molar-refractivity contribution in [2.75, 3.05) is 49.0 Å². The van der Waals surface area contributed by atoms with Crippen LogP contribution in [-0.2, 0) is 27.2 Å². The lowest BCUT2D eigenvalue weighted by Crippen LogP contribution is -2.40. The van der Waals surface area contributed by atoms with Gasteiger partial charge in [-0.3, -0.25) is 19.9 Å². The zero-order valence-corrected chi connectivity index (χ0v) is 21.7. The number of carbonyl (C=O) groups is 3. The summed E-state index contributed by atoms with van der Waals surface area (Å²) in [6, 6.07) is 4.79. The highest BCUT2D eigenvalue weighted by atomic mass is 16.6. The maximum absolute atomic E-state index is 13.3. The zero-order valence-electron chi connectivity index (χ0n) is 21.7. The summed E-state index contributed by atoms with van der Waals surface area (Å²) in [7, 11) is 1.60. The Morgan fingerprint density at radius 1 is 1.33 bits per heavy atom. The van der Waals surface area contributed by atoms with Crippen molar-refractivity contribution in [2.45, 2.75) is 44.5 Å². The largest absolute Gasteiger partial charge is 0.447 e. The van der Waals surface area contributed by atoms with Crippen LogP contribution in [0.5, 0.6) is 0 Å². The normalized spacial score (nSPS) is 22.2. The minimum Gasteiger partial charge on any atom is -0.447 e. The second kappa shape index (κ2) is 11.2. The minimum absolute atomic E-state index is 0.115. The number of aldehydes is 1. The topological polar surface area (TPSA) is 159 Å². The number of cyclic esters (lactones) is 1. The minimum atomic E-state index is -0.466. The van der Waals surface area contributed by atoms with Crippen LogP contribution in [-0.4, -0.2) is 84.9 Å². The first-order valence-corrected chi connectivity index (χ1v) is 12.7. The van der Waals surface area contributed by atoms with Gasteiger partial charge >= 0.3 is 12.1 Å². The van der Waals surface area contributed by atoms with E-state index in [-0.39, 0.29) is 36.2 Å². The molecule has 1 unspecified atom stereocenters. The Hall–Kier alpha value is -4.28. The molecule has 204 valence electrons. The lowest BCUT2D eigenvalue weighted by atomic mass is 10.0. The molecular formula is C26H29N7O6. The van der Waals surface area contributed by atoms with Gasteiger partial charge in [0, 0.05) is 31.5 Å². The molecule has 0 bridgehead atoms. The van der Waals surface area contributed by atoms with Crippen LogP contribution in [0, 0.1) is 11.3 Å². The molecule has 2 fully saturated rings. The maximum Gasteiger partial charge on any atom is 0.410 e. The van der Waals surface area contributed by atoms with Gasteiger partial charge in [-0.2, -0.15) is 5.26 Å². The van der Waals surface area contributed by atoms with E-state index in [9.17, 15) is 19.6 Å². The molecule has 0 spiro atoms. The molecule has 3 atom stereocenters. The van der Waals surface area contributed by atoms with Crippen LogP contribution in [0.25, 0.3) is 0 Å². The number of urea groups is 1. The number of amides is 3. The summed E-state index contributed by atoms with van der Waals surface area (Å²) in [5, 5.41) is 15.6. The van der Waals surface area contributed by atoms with Crippen LogP contribution in [0.3, 0.4) is 0 Å². The van der Waals surface area contributed by atoms with Crippen molar-refractivity contribution in [3.8, 4) is 6.07 Å². The molecule has 13 heteroatoms. The van der Waals surface area contributed by atoms with E-state index in [1.807, 2.05) is 13.0 Å². The molecule has 5 rings (SSSR count). The van der Waals surface area contributed by atoms with E-state index < -0.39 is 12.1 Å². The molecular weight excluding hydrogens is 506 g/mol. The quantitative estimate of drug-likeness (QED) is 0.504. The molecule has 2 aromatic heterocycles. The number of pyridine rings is 2. The smallest absolute Gasteiger partial charge is 0.410 e. The predicted molar refractivity (Wildman–Crippen MR) is 139 cm³/mol. The maximum atomic E-state index is 13.3. The number of nitrogens with one attached hydrogen (secondary N) is 2. The Balaban J connectivity index is 1.36. The summed E-state index contributed by atoms with van der Waals surface area (Å²) >= 11 is 0. The third kappa shape index (κ3) is 5.34. The van der Waals surface area contributed by atoms with E-state index in [0.717, 1.165) is 5.56 Å². The Kier molecular flexibility index (Phi) is 7.58. The first-order chi connectivity index (χ1) is 18.9. The second-order valence-electron chi connectivity index (χ2n) is 9.66. The van der Waals surface area contributed by atoms with Crippen LogP contribution in [0.15, 0.2) is 18.3 Å². The summed E-state index contributed by atoms with van der Waals surface area (Å²) in [6.07, 6.45) is 2.78. The van der Waals surface area contributed by atoms with Gasteiger partial charge in [0.2, 0.25) is 0 Å². The number of nitriles is 1. The molecule has 0 radical (unpaired) electrons. The van der Waals surface area contributed by atoms with E-state index >= 15 is 0 Å². The summed E-state index contributed by atoms with van der Waals surface area (Å²) in [5.74, 6) is 0.634. The van der Waals surface area contributed by atoms with E-state index in [2.05, 4.69) is 26.7 Å². The number of ether oxygens (including phenoxy) is 3. The highest BCUT2D eigenvalue weighted by Crippen LogP contribution is 2.30. The van der Waals surface area contributed by atoms with E-state index in [1.54, 1.807) is 18.1 Å². The number of nitrogens with zero attached hydrogens (tertiary/aromatic N) is 5. The number of methoxy groups -OCH3 is 1. The molecule has 3 amide bonds. The number of aromatic nitrogens is 2. The molecule has 13 nitrogen and oxygen atoms in total. The molecule has 3 aliphatic heterocycles. The number of fused-ring (bicyclic) bond motifs is 1. The lowest BCUT2D eigenvalue weighted by Gasteiger charge is -2.29. The number of carbonyl (C=O) groups excluding carboxylic acids is 3. The second-order valence-corrected chi connectivity index (χ2v) is 9.66. The molecule has 5 heterocycles. The van der Waals surface area contributed by atoms with Gasteiger partial charge in [0.1, 0.15) is 36.1 Å². The average Bonchev–Trinajstić information content (AvgIpc) is 3.53. The summed E-state index contributed by atoms with van der Waals surface area (Å²) < 4.78 is 16.0. The van der Waals surface area contributed by atoms with Gasteiger partial charge in [0.05, 0.1) is 43.1 Å². The molecule has 0 aliphatic carbocycles. The Morgan fingerprint density at radius 3 is 2.90 bits per heavy atom. The standard InChI is InChI=1S/C26H29N7O6/c1-15-12-39-26(36)33(15)10-17-6-16-4-3-5-32(24(16)30-20(17)11-34)25(35)31-23-7-19(18(8-27)9-28-23)29-21-13-38-14-22(21)37-2/h6-7,9,11,15,21-22H,3-5,10,12-14H2,1-2H3,(H2,28,29,31,35)/t15-,21?,22-/m0/s1. The van der Waals surface area contributed by atoms with Gasteiger partial charge in [-0.05, 0) is 31.4 Å². The van der Waals surface area contributed by atoms with Crippen molar-refractivity contribution in [2.24, 2.45) is 0 Å². The van der Waals surface area contributed by atoms with Gasteiger partial charge in [0.15, 0.2) is 6.29 Å². The van der Waals surface area contributed by atoms with Crippen molar-refractivity contribution in [3.63, 3.8) is 0 Å². The Bertz CT molecular complexity index is 1330. The molecule has 0 saturated carbocycles. The van der Waals surface area contributed by atoms with Crippen molar-refractivity contribution in [3.05, 3.63) is 40.7 Å². The zero-order chi connectivity index (χ0) is 27.5. The number of hydrogen-bond acceptors (Lipinski definition) is 10. The van der Waals surface area contributed by atoms with Crippen molar-refractivity contribution < 1.29 is 28.6 Å². The van der Waals surface area contributed by atoms with E-state index in [1.165, 1.54) is 11.1 Å². The van der Waals surface area contributed by atoms with Crippen LogP contribution in [0.4, 0.5) is 26.9 Å².